The van der Waals surface area contributed by atoms with Crippen LogP contribution in [0.1, 0.15) is 5.69 Å². The van der Waals surface area contributed by atoms with E-state index in [2.05, 4.69) is 55.0 Å². The fraction of sp³-hybridized carbons (Fsp3) is 0.318. The SMILES string of the molecule is CNCCOc1cc(C=NNc2ccc3ccccc3c2)nc(N2CCOCC2)n1. The zero-order valence-corrected chi connectivity index (χ0v) is 17.0. The van der Waals surface area contributed by atoms with E-state index in [9.17, 15) is 0 Å². The molecule has 156 valence electrons. The molecule has 8 heteroatoms. The van der Waals surface area contributed by atoms with Crippen LogP contribution in [0.4, 0.5) is 11.6 Å². The van der Waals surface area contributed by atoms with Crippen LogP contribution >= 0.6 is 0 Å². The zero-order chi connectivity index (χ0) is 20.6. The van der Waals surface area contributed by atoms with Gasteiger partial charge in [0.25, 0.3) is 0 Å². The molecule has 1 aliphatic heterocycles. The molecule has 0 amide bonds. The van der Waals surface area contributed by atoms with Crippen LogP contribution in [0, 0.1) is 0 Å². The number of hydrazone groups is 1. The summed E-state index contributed by atoms with van der Waals surface area (Å²) in [7, 11) is 1.89. The van der Waals surface area contributed by atoms with Gasteiger partial charge in [-0.05, 0) is 30.0 Å². The van der Waals surface area contributed by atoms with Gasteiger partial charge < -0.3 is 19.7 Å². The van der Waals surface area contributed by atoms with Gasteiger partial charge in [-0.1, -0.05) is 30.3 Å². The highest BCUT2D eigenvalue weighted by Gasteiger charge is 2.16. The summed E-state index contributed by atoms with van der Waals surface area (Å²) in [5.74, 6) is 1.17. The molecule has 0 bridgehead atoms. The molecule has 1 saturated heterocycles. The second-order valence-electron chi connectivity index (χ2n) is 6.91. The molecule has 30 heavy (non-hydrogen) atoms. The van der Waals surface area contributed by atoms with E-state index < -0.39 is 0 Å². The van der Waals surface area contributed by atoms with Gasteiger partial charge in [-0.2, -0.15) is 10.1 Å². The van der Waals surface area contributed by atoms with Crippen LogP contribution in [0.15, 0.2) is 53.6 Å². The minimum atomic E-state index is 0.530. The molecule has 1 aliphatic rings. The summed E-state index contributed by atoms with van der Waals surface area (Å²) in [5, 5.41) is 9.79. The Morgan fingerprint density at radius 2 is 1.93 bits per heavy atom. The largest absolute Gasteiger partial charge is 0.476 e. The molecule has 4 rings (SSSR count). The van der Waals surface area contributed by atoms with E-state index in [0.717, 1.165) is 30.7 Å². The van der Waals surface area contributed by atoms with Crippen molar-refractivity contribution in [2.45, 2.75) is 0 Å². The first-order valence-corrected chi connectivity index (χ1v) is 10.1. The quantitative estimate of drug-likeness (QED) is 0.338. The highest BCUT2D eigenvalue weighted by atomic mass is 16.5. The van der Waals surface area contributed by atoms with Crippen molar-refractivity contribution < 1.29 is 9.47 Å². The topological polar surface area (TPSA) is 83.9 Å². The Morgan fingerprint density at radius 1 is 1.10 bits per heavy atom. The molecule has 0 atom stereocenters. The summed E-state index contributed by atoms with van der Waals surface area (Å²) in [6.45, 7) is 4.12. The maximum absolute atomic E-state index is 5.78. The molecule has 0 aliphatic carbocycles. The van der Waals surface area contributed by atoms with Crippen LogP contribution < -0.4 is 20.4 Å². The van der Waals surface area contributed by atoms with Crippen LogP contribution in [0.3, 0.4) is 0 Å². The molecular formula is C22H26N6O2. The number of fused-ring (bicyclic) bond motifs is 1. The fourth-order valence-electron chi connectivity index (χ4n) is 3.16. The number of nitrogens with one attached hydrogen (secondary N) is 2. The van der Waals surface area contributed by atoms with E-state index in [1.165, 1.54) is 5.39 Å². The average Bonchev–Trinajstić information content (AvgIpc) is 2.80. The van der Waals surface area contributed by atoms with Crippen molar-refractivity contribution in [1.29, 1.82) is 0 Å². The Morgan fingerprint density at radius 3 is 2.77 bits per heavy atom. The predicted octanol–water partition coefficient (Wildman–Crippen LogP) is 2.51. The van der Waals surface area contributed by atoms with Gasteiger partial charge in [0.2, 0.25) is 11.8 Å². The molecule has 2 aromatic carbocycles. The summed E-state index contributed by atoms with van der Waals surface area (Å²) < 4.78 is 11.2. The number of anilines is 2. The summed E-state index contributed by atoms with van der Waals surface area (Å²) in [4.78, 5) is 11.3. The second-order valence-corrected chi connectivity index (χ2v) is 6.91. The molecule has 2 N–H and O–H groups in total. The molecule has 2 heterocycles. The summed E-state index contributed by atoms with van der Waals surface area (Å²) in [6, 6.07) is 16.2. The Labute approximate surface area is 175 Å². The lowest BCUT2D eigenvalue weighted by Crippen LogP contribution is -2.37. The molecule has 0 unspecified atom stereocenters. The van der Waals surface area contributed by atoms with Crippen molar-refractivity contribution in [3.05, 3.63) is 54.2 Å². The van der Waals surface area contributed by atoms with Gasteiger partial charge in [0.1, 0.15) is 6.61 Å². The van der Waals surface area contributed by atoms with Gasteiger partial charge in [0, 0.05) is 25.7 Å². The number of ether oxygens (including phenoxy) is 2. The minimum Gasteiger partial charge on any atom is -0.476 e. The third-order valence-electron chi connectivity index (χ3n) is 4.75. The lowest BCUT2D eigenvalue weighted by atomic mass is 10.1. The number of likely N-dealkylation sites (N-methyl/N-ethyl adjacent to an activating group) is 1. The lowest BCUT2D eigenvalue weighted by molar-refractivity contribution is 0.122. The van der Waals surface area contributed by atoms with Crippen molar-refractivity contribution in [1.82, 2.24) is 15.3 Å². The number of hydrogen-bond acceptors (Lipinski definition) is 8. The molecule has 8 nitrogen and oxygen atoms in total. The molecule has 1 fully saturated rings. The molecule has 0 saturated carbocycles. The number of nitrogens with zero attached hydrogens (tertiary/aromatic N) is 4. The van der Waals surface area contributed by atoms with Crippen LogP contribution in [0.25, 0.3) is 10.8 Å². The third kappa shape index (κ3) is 5.22. The smallest absolute Gasteiger partial charge is 0.229 e. The monoisotopic (exact) mass is 406 g/mol. The number of aromatic nitrogens is 2. The van der Waals surface area contributed by atoms with Gasteiger partial charge >= 0.3 is 0 Å². The van der Waals surface area contributed by atoms with E-state index >= 15 is 0 Å². The number of benzene rings is 2. The summed E-state index contributed by atoms with van der Waals surface area (Å²) in [6.07, 6.45) is 1.69. The van der Waals surface area contributed by atoms with E-state index in [0.29, 0.717) is 37.3 Å². The van der Waals surface area contributed by atoms with Crippen molar-refractivity contribution >= 4 is 28.6 Å². The third-order valence-corrected chi connectivity index (χ3v) is 4.75. The van der Waals surface area contributed by atoms with E-state index in [1.807, 2.05) is 25.2 Å². The van der Waals surface area contributed by atoms with Crippen molar-refractivity contribution in [3.63, 3.8) is 0 Å². The maximum atomic E-state index is 5.78. The fourth-order valence-corrected chi connectivity index (χ4v) is 3.16. The Kier molecular flexibility index (Phi) is 6.68. The average molecular weight is 406 g/mol. The highest BCUT2D eigenvalue weighted by molar-refractivity contribution is 5.86. The van der Waals surface area contributed by atoms with E-state index in [-0.39, 0.29) is 0 Å². The second kappa shape index (κ2) is 10.00. The minimum absolute atomic E-state index is 0.530. The first-order valence-electron chi connectivity index (χ1n) is 10.1. The van der Waals surface area contributed by atoms with Crippen LogP contribution in [-0.4, -0.2) is 62.7 Å². The first kappa shape index (κ1) is 20.1. The van der Waals surface area contributed by atoms with Crippen molar-refractivity contribution in [2.75, 3.05) is 56.8 Å². The summed E-state index contributed by atoms with van der Waals surface area (Å²) in [5.41, 5.74) is 4.68. The standard InChI is InChI=1S/C22H26N6O2/c1-23-8-11-30-21-15-20(25-22(26-21)28-9-12-29-13-10-28)16-24-27-19-7-6-17-4-2-3-5-18(17)14-19/h2-7,14-16,23,27H,8-13H2,1H3. The number of morpholine rings is 1. The molecule has 1 aromatic heterocycles. The molecule has 3 aromatic rings. The predicted molar refractivity (Wildman–Crippen MR) is 120 cm³/mol. The molecule has 0 radical (unpaired) electrons. The van der Waals surface area contributed by atoms with Gasteiger partial charge in [-0.15, -0.1) is 0 Å². The van der Waals surface area contributed by atoms with E-state index in [1.54, 1.807) is 12.3 Å². The van der Waals surface area contributed by atoms with Gasteiger partial charge in [0.15, 0.2) is 0 Å². The Bertz CT molecular complexity index is 1000. The van der Waals surface area contributed by atoms with Crippen LogP contribution in [-0.2, 0) is 4.74 Å². The van der Waals surface area contributed by atoms with Crippen LogP contribution in [0.5, 0.6) is 5.88 Å². The van der Waals surface area contributed by atoms with Crippen molar-refractivity contribution in [2.24, 2.45) is 5.10 Å². The Hall–Kier alpha value is -3.23. The number of rotatable bonds is 8. The molecule has 0 spiro atoms. The Balaban J connectivity index is 1.50. The number of hydrogen-bond donors (Lipinski definition) is 2. The summed E-state index contributed by atoms with van der Waals surface area (Å²) >= 11 is 0. The van der Waals surface area contributed by atoms with Crippen molar-refractivity contribution in [3.8, 4) is 5.88 Å². The normalized spacial score (nSPS) is 14.4. The van der Waals surface area contributed by atoms with Gasteiger partial charge in [-0.3, -0.25) is 5.43 Å². The van der Waals surface area contributed by atoms with Crippen LogP contribution in [0.2, 0.25) is 0 Å². The van der Waals surface area contributed by atoms with Gasteiger partial charge in [-0.25, -0.2) is 4.98 Å². The maximum Gasteiger partial charge on any atom is 0.229 e. The lowest BCUT2D eigenvalue weighted by Gasteiger charge is -2.27. The highest BCUT2D eigenvalue weighted by Crippen LogP contribution is 2.19. The first-order chi connectivity index (χ1) is 14.8. The van der Waals surface area contributed by atoms with E-state index in [4.69, 9.17) is 9.47 Å². The zero-order valence-electron chi connectivity index (χ0n) is 17.0. The molecular weight excluding hydrogens is 380 g/mol. The van der Waals surface area contributed by atoms with Gasteiger partial charge in [0.05, 0.1) is 30.8 Å².